The third-order valence-electron chi connectivity index (χ3n) is 5.53. The number of carbonyl (C=O) groups excluding carboxylic acids is 1. The number of ether oxygens (including phenoxy) is 1. The van der Waals surface area contributed by atoms with Crippen LogP contribution in [0.5, 0.6) is 0 Å². The van der Waals surface area contributed by atoms with Gasteiger partial charge >= 0.3 is 0 Å². The van der Waals surface area contributed by atoms with Crippen molar-refractivity contribution in [3.05, 3.63) is 47.5 Å². The van der Waals surface area contributed by atoms with Crippen LogP contribution in [0.15, 0.2) is 28.7 Å². The fourth-order valence-corrected chi connectivity index (χ4v) is 3.96. The zero-order valence-electron chi connectivity index (χ0n) is 20.0. The minimum atomic E-state index is -0.246. The van der Waals surface area contributed by atoms with Gasteiger partial charge in [-0.1, -0.05) is 39.8 Å². The monoisotopic (exact) mass is 443 g/mol. The van der Waals surface area contributed by atoms with Crippen LogP contribution in [-0.4, -0.2) is 52.3 Å². The van der Waals surface area contributed by atoms with Gasteiger partial charge in [-0.05, 0) is 30.4 Å². The molecule has 1 unspecified atom stereocenters. The maximum absolute atomic E-state index is 12.9. The first kappa shape index (κ1) is 24.2. The SMILES string of the molecule is COCc1ccc(C(=O)NC(CC(C)C)c2nnc3n2CCN(CC=CC(C)C)CC3)o1. The average Bonchev–Trinajstić information content (AvgIpc) is 3.31. The highest BCUT2D eigenvalue weighted by Crippen LogP contribution is 2.23. The van der Waals surface area contributed by atoms with Gasteiger partial charge in [-0.2, -0.15) is 0 Å². The van der Waals surface area contributed by atoms with Crippen LogP contribution in [0, 0.1) is 11.8 Å². The number of hydrogen-bond donors (Lipinski definition) is 1. The summed E-state index contributed by atoms with van der Waals surface area (Å²) in [4.78, 5) is 15.3. The summed E-state index contributed by atoms with van der Waals surface area (Å²) in [6.45, 7) is 12.7. The van der Waals surface area contributed by atoms with Crippen LogP contribution in [-0.2, 0) is 24.3 Å². The van der Waals surface area contributed by atoms with E-state index < -0.39 is 0 Å². The molecule has 8 nitrogen and oxygen atoms in total. The van der Waals surface area contributed by atoms with Crippen molar-refractivity contribution < 1.29 is 13.9 Å². The van der Waals surface area contributed by atoms with Gasteiger partial charge < -0.3 is 19.0 Å². The second kappa shape index (κ2) is 11.4. The Morgan fingerprint density at radius 2 is 2.03 bits per heavy atom. The van der Waals surface area contributed by atoms with E-state index in [-0.39, 0.29) is 17.7 Å². The summed E-state index contributed by atoms with van der Waals surface area (Å²) in [6.07, 6.45) is 6.12. The van der Waals surface area contributed by atoms with Gasteiger partial charge in [0.1, 0.15) is 18.2 Å². The van der Waals surface area contributed by atoms with E-state index in [1.54, 1.807) is 19.2 Å². The van der Waals surface area contributed by atoms with Crippen LogP contribution in [0.1, 0.15) is 68.1 Å². The number of fused-ring (bicyclic) bond motifs is 1. The Bertz CT molecular complexity index is 899. The second-order valence-electron chi connectivity index (χ2n) is 9.20. The lowest BCUT2D eigenvalue weighted by atomic mass is 10.0. The van der Waals surface area contributed by atoms with Gasteiger partial charge in [0.2, 0.25) is 0 Å². The van der Waals surface area contributed by atoms with Crippen LogP contribution in [0.4, 0.5) is 0 Å². The van der Waals surface area contributed by atoms with Gasteiger partial charge in [0.25, 0.3) is 5.91 Å². The number of amides is 1. The molecule has 1 aliphatic rings. The number of furan rings is 1. The standard InChI is InChI=1S/C24H37N5O3/c1-17(2)7-6-11-28-12-10-22-26-27-23(29(22)14-13-28)20(15-18(3)4)25-24(30)21-9-8-19(32-21)16-31-5/h6-9,17-18,20H,10-16H2,1-5H3,(H,25,30). The van der Waals surface area contributed by atoms with E-state index in [2.05, 4.69) is 64.8 Å². The van der Waals surface area contributed by atoms with Gasteiger partial charge in [0.15, 0.2) is 11.6 Å². The largest absolute Gasteiger partial charge is 0.453 e. The fourth-order valence-electron chi connectivity index (χ4n) is 3.96. The molecule has 0 saturated heterocycles. The van der Waals surface area contributed by atoms with E-state index in [0.717, 1.165) is 50.7 Å². The first-order valence-electron chi connectivity index (χ1n) is 11.6. The van der Waals surface area contributed by atoms with Crippen LogP contribution in [0.3, 0.4) is 0 Å². The smallest absolute Gasteiger partial charge is 0.287 e. The van der Waals surface area contributed by atoms with Crippen molar-refractivity contribution in [3.63, 3.8) is 0 Å². The fraction of sp³-hybridized carbons (Fsp3) is 0.625. The van der Waals surface area contributed by atoms with E-state index >= 15 is 0 Å². The third-order valence-corrected chi connectivity index (χ3v) is 5.53. The number of carbonyl (C=O) groups is 1. The number of hydrogen-bond acceptors (Lipinski definition) is 6. The molecule has 1 atom stereocenters. The first-order valence-corrected chi connectivity index (χ1v) is 11.6. The number of nitrogens with one attached hydrogen (secondary N) is 1. The number of aromatic nitrogens is 3. The first-order chi connectivity index (χ1) is 15.4. The number of rotatable bonds is 10. The molecular weight excluding hydrogens is 406 g/mol. The average molecular weight is 444 g/mol. The normalized spacial score (nSPS) is 16.0. The van der Waals surface area contributed by atoms with Gasteiger partial charge in [0, 0.05) is 39.7 Å². The molecule has 1 aliphatic heterocycles. The van der Waals surface area contributed by atoms with E-state index in [4.69, 9.17) is 9.15 Å². The third kappa shape index (κ3) is 6.53. The molecule has 1 N–H and O–H groups in total. The minimum Gasteiger partial charge on any atom is -0.453 e. The van der Waals surface area contributed by atoms with Crippen LogP contribution < -0.4 is 5.32 Å². The summed E-state index contributed by atoms with van der Waals surface area (Å²) in [7, 11) is 1.60. The van der Waals surface area contributed by atoms with Crippen molar-refractivity contribution >= 4 is 5.91 Å². The molecule has 0 radical (unpaired) electrons. The molecule has 176 valence electrons. The molecule has 8 heteroatoms. The highest BCUT2D eigenvalue weighted by atomic mass is 16.5. The minimum absolute atomic E-state index is 0.230. The summed E-state index contributed by atoms with van der Waals surface area (Å²) in [5.74, 6) is 3.42. The molecule has 2 aromatic heterocycles. The molecule has 0 fully saturated rings. The predicted molar refractivity (Wildman–Crippen MR) is 123 cm³/mol. The summed E-state index contributed by atoms with van der Waals surface area (Å²) in [5.41, 5.74) is 0. The van der Waals surface area contributed by atoms with Crippen molar-refractivity contribution in [2.45, 2.75) is 59.7 Å². The van der Waals surface area contributed by atoms with Crippen molar-refractivity contribution in [1.82, 2.24) is 25.0 Å². The molecule has 32 heavy (non-hydrogen) atoms. The summed E-state index contributed by atoms with van der Waals surface area (Å²) >= 11 is 0. The Hall–Kier alpha value is -2.45. The van der Waals surface area contributed by atoms with E-state index in [1.807, 2.05) is 0 Å². The Morgan fingerprint density at radius 1 is 1.22 bits per heavy atom. The van der Waals surface area contributed by atoms with Gasteiger partial charge in [-0.15, -0.1) is 10.2 Å². The summed E-state index contributed by atoms with van der Waals surface area (Å²) < 4.78 is 12.9. The van der Waals surface area contributed by atoms with Crippen LogP contribution >= 0.6 is 0 Å². The molecule has 2 aromatic rings. The summed E-state index contributed by atoms with van der Waals surface area (Å²) in [5, 5.41) is 12.1. The number of allylic oxidation sites excluding steroid dienone is 1. The molecule has 0 saturated carbocycles. The van der Waals surface area contributed by atoms with Crippen molar-refractivity contribution in [1.29, 1.82) is 0 Å². The van der Waals surface area contributed by atoms with Crippen molar-refractivity contribution in [3.8, 4) is 0 Å². The van der Waals surface area contributed by atoms with Gasteiger partial charge in [-0.25, -0.2) is 0 Å². The molecule has 0 aliphatic carbocycles. The molecule has 3 heterocycles. The van der Waals surface area contributed by atoms with E-state index in [1.165, 1.54) is 0 Å². The molecule has 0 aromatic carbocycles. The molecule has 1 amide bonds. The van der Waals surface area contributed by atoms with Crippen molar-refractivity contribution in [2.24, 2.45) is 11.8 Å². The zero-order valence-corrected chi connectivity index (χ0v) is 20.0. The van der Waals surface area contributed by atoms with Gasteiger partial charge in [-0.3, -0.25) is 9.69 Å². The lowest BCUT2D eigenvalue weighted by molar-refractivity contribution is 0.0892. The topological polar surface area (TPSA) is 85.4 Å². The Labute approximate surface area is 191 Å². The maximum Gasteiger partial charge on any atom is 0.287 e. The van der Waals surface area contributed by atoms with Gasteiger partial charge in [0.05, 0.1) is 6.04 Å². The molecule has 0 bridgehead atoms. The zero-order chi connectivity index (χ0) is 23.1. The lowest BCUT2D eigenvalue weighted by Gasteiger charge is -2.21. The van der Waals surface area contributed by atoms with Crippen LogP contribution in [0.25, 0.3) is 0 Å². The lowest BCUT2D eigenvalue weighted by Crippen LogP contribution is -2.32. The van der Waals surface area contributed by atoms with E-state index in [0.29, 0.717) is 24.2 Å². The maximum atomic E-state index is 12.9. The molecule has 3 rings (SSSR count). The number of methoxy groups -OCH3 is 1. The van der Waals surface area contributed by atoms with Crippen LogP contribution in [0.2, 0.25) is 0 Å². The molecule has 0 spiro atoms. The highest BCUT2D eigenvalue weighted by molar-refractivity contribution is 5.91. The Kier molecular flexibility index (Phi) is 8.64. The second-order valence-corrected chi connectivity index (χ2v) is 9.20. The Balaban J connectivity index is 1.72. The summed E-state index contributed by atoms with van der Waals surface area (Å²) in [6, 6.07) is 3.22. The quantitative estimate of drug-likeness (QED) is 0.565. The van der Waals surface area contributed by atoms with Crippen molar-refractivity contribution in [2.75, 3.05) is 26.7 Å². The predicted octanol–water partition coefficient (Wildman–Crippen LogP) is 3.61. The van der Waals surface area contributed by atoms with E-state index in [9.17, 15) is 4.79 Å². The number of nitrogens with zero attached hydrogens (tertiary/aromatic N) is 4. The highest BCUT2D eigenvalue weighted by Gasteiger charge is 2.27. The molecular formula is C24H37N5O3. The Morgan fingerprint density at radius 3 is 2.75 bits per heavy atom.